The number of ether oxygens (including phenoxy) is 3. The summed E-state index contributed by atoms with van der Waals surface area (Å²) in [7, 11) is 0. The number of hydrogen-bond acceptors (Lipinski definition) is 7. The number of hydrogen-bond donors (Lipinski definition) is 4. The van der Waals surface area contributed by atoms with E-state index in [1.165, 1.54) is 0 Å². The summed E-state index contributed by atoms with van der Waals surface area (Å²) in [6.45, 7) is 8.44. The maximum Gasteiger partial charge on any atom is 0.184 e. The lowest BCUT2D eigenvalue weighted by Gasteiger charge is -2.49. The smallest absolute Gasteiger partial charge is 0.184 e. The van der Waals surface area contributed by atoms with Gasteiger partial charge in [-0.3, -0.25) is 0 Å². The summed E-state index contributed by atoms with van der Waals surface area (Å²) >= 11 is 0. The van der Waals surface area contributed by atoms with Crippen LogP contribution in [-0.4, -0.2) is 64.8 Å². The van der Waals surface area contributed by atoms with E-state index in [0.717, 1.165) is 18.6 Å². The molecule has 28 heavy (non-hydrogen) atoms. The first-order valence-electron chi connectivity index (χ1n) is 10.5. The van der Waals surface area contributed by atoms with Gasteiger partial charge in [0.2, 0.25) is 0 Å². The molecule has 7 nitrogen and oxygen atoms in total. The Hall–Kier alpha value is -0.700. The molecule has 1 saturated heterocycles. The third-order valence-corrected chi connectivity index (χ3v) is 6.65. The van der Waals surface area contributed by atoms with Crippen LogP contribution < -0.4 is 5.73 Å². The highest BCUT2D eigenvalue weighted by Crippen LogP contribution is 2.43. The molecular weight excluding hydrogens is 362 g/mol. The van der Waals surface area contributed by atoms with Gasteiger partial charge in [-0.05, 0) is 43.6 Å². The van der Waals surface area contributed by atoms with Crippen molar-refractivity contribution in [1.82, 2.24) is 0 Å². The first-order chi connectivity index (χ1) is 13.1. The molecule has 0 aromatic carbocycles. The molecule has 2 fully saturated rings. The monoisotopic (exact) mass is 399 g/mol. The zero-order valence-electron chi connectivity index (χ0n) is 17.5. The van der Waals surface area contributed by atoms with Crippen molar-refractivity contribution in [3.05, 3.63) is 11.8 Å². The standard InChI is InChI=1S/C21H37NO6/c1-11-5-6-14(9-22)27-18(11)16-12(2)7-13(3)19(17(16)24)28-20-15(23)8-21(4,25)10-26-20/h6,11-13,15-20,23-25H,5,7-10,22H2,1-4H3. The molecule has 162 valence electrons. The molecule has 0 radical (unpaired) electrons. The van der Waals surface area contributed by atoms with Gasteiger partial charge in [-0.15, -0.1) is 0 Å². The van der Waals surface area contributed by atoms with E-state index in [9.17, 15) is 15.3 Å². The molecule has 0 bridgehead atoms. The second kappa shape index (κ2) is 8.58. The summed E-state index contributed by atoms with van der Waals surface area (Å²) in [6.07, 6.45) is 0.893. The number of aliphatic hydroxyl groups excluding tert-OH is 2. The van der Waals surface area contributed by atoms with Gasteiger partial charge in [0, 0.05) is 12.3 Å². The minimum atomic E-state index is -1.07. The van der Waals surface area contributed by atoms with Crippen molar-refractivity contribution in [2.45, 2.75) is 83.3 Å². The molecule has 1 saturated carbocycles. The zero-order chi connectivity index (χ0) is 20.6. The van der Waals surface area contributed by atoms with Crippen molar-refractivity contribution >= 4 is 0 Å². The molecule has 0 amide bonds. The summed E-state index contributed by atoms with van der Waals surface area (Å²) in [5, 5.41) is 31.7. The molecule has 0 aromatic rings. The Bertz CT molecular complexity index is 567. The van der Waals surface area contributed by atoms with Crippen molar-refractivity contribution in [1.29, 1.82) is 0 Å². The Morgan fingerprint density at radius 3 is 2.57 bits per heavy atom. The fourth-order valence-electron chi connectivity index (χ4n) is 5.15. The van der Waals surface area contributed by atoms with Crippen LogP contribution >= 0.6 is 0 Å². The lowest BCUT2D eigenvalue weighted by Crippen LogP contribution is -2.57. The molecule has 10 unspecified atom stereocenters. The van der Waals surface area contributed by atoms with E-state index < -0.39 is 30.2 Å². The average molecular weight is 400 g/mol. The van der Waals surface area contributed by atoms with Crippen molar-refractivity contribution in [3.8, 4) is 0 Å². The predicted octanol–water partition coefficient (Wildman–Crippen LogP) is 1.15. The third-order valence-electron chi connectivity index (χ3n) is 6.65. The molecule has 3 rings (SSSR count). The van der Waals surface area contributed by atoms with Crippen molar-refractivity contribution < 1.29 is 29.5 Å². The van der Waals surface area contributed by atoms with Gasteiger partial charge < -0.3 is 35.3 Å². The van der Waals surface area contributed by atoms with Gasteiger partial charge in [-0.25, -0.2) is 0 Å². The van der Waals surface area contributed by atoms with Crippen LogP contribution in [-0.2, 0) is 14.2 Å². The molecule has 7 heteroatoms. The van der Waals surface area contributed by atoms with Gasteiger partial charge in [0.15, 0.2) is 6.29 Å². The fourth-order valence-corrected chi connectivity index (χ4v) is 5.15. The van der Waals surface area contributed by atoms with Gasteiger partial charge in [-0.1, -0.05) is 20.8 Å². The number of aliphatic hydroxyl groups is 3. The molecule has 5 N–H and O–H groups in total. The van der Waals surface area contributed by atoms with Crippen LogP contribution in [0.1, 0.15) is 47.0 Å². The first kappa shape index (κ1) is 22.0. The third kappa shape index (κ3) is 4.55. The van der Waals surface area contributed by atoms with Crippen LogP contribution in [0, 0.1) is 23.7 Å². The van der Waals surface area contributed by atoms with Crippen molar-refractivity contribution in [2.75, 3.05) is 13.2 Å². The molecule has 2 aliphatic heterocycles. The predicted molar refractivity (Wildman–Crippen MR) is 104 cm³/mol. The van der Waals surface area contributed by atoms with Crippen LogP contribution in [0.3, 0.4) is 0 Å². The van der Waals surface area contributed by atoms with E-state index in [1.54, 1.807) is 6.92 Å². The molecule has 1 aliphatic carbocycles. The van der Waals surface area contributed by atoms with Gasteiger partial charge in [0.05, 0.1) is 31.0 Å². The molecular formula is C21H37NO6. The quantitative estimate of drug-likeness (QED) is 0.561. The molecule has 2 heterocycles. The highest BCUT2D eigenvalue weighted by Gasteiger charge is 2.49. The van der Waals surface area contributed by atoms with Crippen LogP contribution in [0.25, 0.3) is 0 Å². The molecule has 3 aliphatic rings. The van der Waals surface area contributed by atoms with Gasteiger partial charge in [-0.2, -0.15) is 0 Å². The largest absolute Gasteiger partial charge is 0.493 e. The Balaban J connectivity index is 1.73. The van der Waals surface area contributed by atoms with Gasteiger partial charge >= 0.3 is 0 Å². The maximum absolute atomic E-state index is 11.3. The summed E-state index contributed by atoms with van der Waals surface area (Å²) in [6, 6.07) is 0. The first-order valence-corrected chi connectivity index (χ1v) is 10.5. The minimum Gasteiger partial charge on any atom is -0.493 e. The number of allylic oxidation sites excluding steroid dienone is 1. The van der Waals surface area contributed by atoms with Crippen molar-refractivity contribution in [2.24, 2.45) is 29.4 Å². The van der Waals surface area contributed by atoms with Crippen LogP contribution in [0.15, 0.2) is 11.8 Å². The van der Waals surface area contributed by atoms with Crippen LogP contribution in [0.4, 0.5) is 0 Å². The minimum absolute atomic E-state index is 0.0877. The Labute approximate surface area is 167 Å². The Kier molecular flexibility index (Phi) is 6.74. The topological polar surface area (TPSA) is 114 Å². The van der Waals surface area contributed by atoms with Gasteiger partial charge in [0.1, 0.15) is 18.0 Å². The summed E-state index contributed by atoms with van der Waals surface area (Å²) < 4.78 is 17.8. The summed E-state index contributed by atoms with van der Waals surface area (Å²) in [4.78, 5) is 0. The number of rotatable bonds is 4. The summed E-state index contributed by atoms with van der Waals surface area (Å²) in [5.74, 6) is 1.36. The lowest BCUT2D eigenvalue weighted by atomic mass is 9.67. The molecule has 10 atom stereocenters. The van der Waals surface area contributed by atoms with E-state index in [0.29, 0.717) is 6.54 Å². The zero-order valence-corrected chi connectivity index (χ0v) is 17.5. The SMILES string of the molecule is CC1CC(C)C(C2OC(CN)=CCC2C)C(O)C1OC1OCC(C)(O)CC1O. The van der Waals surface area contributed by atoms with Crippen molar-refractivity contribution in [3.63, 3.8) is 0 Å². The number of nitrogens with two attached hydrogens (primary N) is 1. The second-order valence-corrected chi connectivity index (χ2v) is 9.48. The molecule has 0 spiro atoms. The highest BCUT2D eigenvalue weighted by molar-refractivity contribution is 5.05. The maximum atomic E-state index is 11.3. The Morgan fingerprint density at radius 1 is 1.21 bits per heavy atom. The van der Waals surface area contributed by atoms with E-state index >= 15 is 0 Å². The summed E-state index contributed by atoms with van der Waals surface area (Å²) in [5.41, 5.74) is 4.71. The van der Waals surface area contributed by atoms with E-state index in [4.69, 9.17) is 19.9 Å². The fraction of sp³-hybridized carbons (Fsp3) is 0.905. The van der Waals surface area contributed by atoms with Crippen LogP contribution in [0.2, 0.25) is 0 Å². The van der Waals surface area contributed by atoms with Gasteiger partial charge in [0.25, 0.3) is 0 Å². The van der Waals surface area contributed by atoms with E-state index in [2.05, 4.69) is 20.8 Å². The second-order valence-electron chi connectivity index (χ2n) is 9.48. The Morgan fingerprint density at radius 2 is 1.93 bits per heavy atom. The lowest BCUT2D eigenvalue weighted by molar-refractivity contribution is -0.295. The normalized spacial score (nSPS) is 50.0. The van der Waals surface area contributed by atoms with E-state index in [1.807, 2.05) is 6.08 Å². The van der Waals surface area contributed by atoms with E-state index in [-0.39, 0.29) is 42.8 Å². The average Bonchev–Trinajstić information content (AvgIpc) is 2.61. The van der Waals surface area contributed by atoms with Crippen LogP contribution in [0.5, 0.6) is 0 Å². The highest BCUT2D eigenvalue weighted by atomic mass is 16.7. The molecule has 0 aromatic heterocycles.